The van der Waals surface area contributed by atoms with E-state index in [1.54, 1.807) is 0 Å². The molecule has 0 heterocycles. The van der Waals surface area contributed by atoms with Crippen molar-refractivity contribution in [1.82, 2.24) is 0 Å². The largest absolute Gasteiger partial charge is 0.437 e. The maximum Gasteiger partial charge on any atom is 0.337 e. The third-order valence-corrected chi connectivity index (χ3v) is 2.16. The summed E-state index contributed by atoms with van der Waals surface area (Å²) in [5.41, 5.74) is -2.49. The molecule has 9 heteroatoms. The van der Waals surface area contributed by atoms with Gasteiger partial charge in [0.2, 0.25) is 0 Å². The van der Waals surface area contributed by atoms with Crippen LogP contribution in [-0.4, -0.2) is 53.6 Å². The van der Waals surface area contributed by atoms with Crippen LogP contribution in [0.1, 0.15) is 13.3 Å². The summed E-state index contributed by atoms with van der Waals surface area (Å²) in [6.07, 6.45) is -0.399. The summed E-state index contributed by atoms with van der Waals surface area (Å²) in [6.45, 7) is -1.88. The highest BCUT2D eigenvalue weighted by Gasteiger charge is 2.56. The molecule has 0 spiro atoms. The maximum atomic E-state index is 11.6. The van der Waals surface area contributed by atoms with Crippen LogP contribution < -0.4 is 0 Å². The van der Waals surface area contributed by atoms with Gasteiger partial charge >= 0.3 is 17.9 Å². The van der Waals surface area contributed by atoms with Crippen LogP contribution in [0, 0.1) is 5.41 Å². The minimum atomic E-state index is -2.49. The molecule has 0 bridgehead atoms. The third-order valence-electron chi connectivity index (χ3n) is 2.16. The van der Waals surface area contributed by atoms with Crippen LogP contribution in [0.5, 0.6) is 0 Å². The van der Waals surface area contributed by atoms with Gasteiger partial charge in [0.05, 0.1) is 0 Å². The molecule has 3 N–H and O–H groups in total. The molecule has 0 aliphatic carbocycles. The zero-order valence-corrected chi connectivity index (χ0v) is 9.62. The summed E-state index contributed by atoms with van der Waals surface area (Å²) in [5, 5.41) is 25.4. The normalized spacial score (nSPS) is 10.7. The quantitative estimate of drug-likeness (QED) is 0.204. The van der Waals surface area contributed by atoms with E-state index in [4.69, 9.17) is 15.3 Å². The van der Waals surface area contributed by atoms with Gasteiger partial charge in [0.1, 0.15) is 0 Å². The number of rotatable bonds is 7. The van der Waals surface area contributed by atoms with E-state index in [-0.39, 0.29) is 0 Å². The van der Waals surface area contributed by atoms with Crippen LogP contribution in [-0.2, 0) is 28.6 Å². The average Bonchev–Trinajstić information content (AvgIpc) is 2.31. The summed E-state index contributed by atoms with van der Waals surface area (Å²) in [6, 6.07) is 0. The van der Waals surface area contributed by atoms with Gasteiger partial charge in [-0.1, -0.05) is 6.92 Å². The summed E-state index contributed by atoms with van der Waals surface area (Å²) in [5.74, 6) is -4.20. The second-order valence-corrected chi connectivity index (χ2v) is 2.94. The van der Waals surface area contributed by atoms with Crippen molar-refractivity contribution in [3.05, 3.63) is 0 Å². The fourth-order valence-corrected chi connectivity index (χ4v) is 1.23. The van der Waals surface area contributed by atoms with E-state index >= 15 is 0 Å². The van der Waals surface area contributed by atoms with Crippen LogP contribution in [0.3, 0.4) is 0 Å². The number of carbonyl (C=O) groups excluding carboxylic acids is 3. The summed E-state index contributed by atoms with van der Waals surface area (Å²) >= 11 is 0. The molecule has 0 saturated carbocycles. The average molecular weight is 266 g/mol. The van der Waals surface area contributed by atoms with E-state index < -0.39 is 50.1 Å². The Labute approximate surface area is 102 Å². The van der Waals surface area contributed by atoms with Crippen LogP contribution in [0.2, 0.25) is 0 Å². The molecule has 0 atom stereocenters. The zero-order chi connectivity index (χ0) is 14.2. The van der Waals surface area contributed by atoms with Crippen molar-refractivity contribution < 1.29 is 43.9 Å². The van der Waals surface area contributed by atoms with Crippen molar-refractivity contribution in [3.63, 3.8) is 0 Å². The zero-order valence-electron chi connectivity index (χ0n) is 9.62. The highest BCUT2D eigenvalue weighted by Crippen LogP contribution is 2.28. The highest BCUT2D eigenvalue weighted by molar-refractivity contribution is 6.17. The standard InChI is InChI=1S/C9H14O9/c1-2-9(6(13)16-3-10,7(14)17-4-11)8(15)18-5-12/h10-12H,2-5H2,1H3. The molecule has 0 aromatic rings. The molecule has 0 fully saturated rings. The minimum Gasteiger partial charge on any atom is -0.437 e. The Morgan fingerprint density at radius 3 is 1.28 bits per heavy atom. The third kappa shape index (κ3) is 3.15. The van der Waals surface area contributed by atoms with Crippen LogP contribution >= 0.6 is 0 Å². The Hall–Kier alpha value is -1.71. The Morgan fingerprint density at radius 2 is 1.11 bits per heavy atom. The number of carbonyl (C=O) groups is 3. The Bertz CT molecular complexity index is 266. The van der Waals surface area contributed by atoms with Gasteiger partial charge in [0.25, 0.3) is 5.41 Å². The fraction of sp³-hybridized carbons (Fsp3) is 0.667. The summed E-state index contributed by atoms with van der Waals surface area (Å²) < 4.78 is 12.6. The summed E-state index contributed by atoms with van der Waals surface area (Å²) in [7, 11) is 0. The predicted octanol–water partition coefficient (Wildman–Crippen LogP) is -2.14. The number of esters is 3. The number of hydrogen-bond acceptors (Lipinski definition) is 9. The second kappa shape index (κ2) is 7.58. The first kappa shape index (κ1) is 16.3. The molecule has 0 saturated heterocycles. The molecule has 104 valence electrons. The van der Waals surface area contributed by atoms with Gasteiger partial charge in [-0.05, 0) is 6.42 Å². The van der Waals surface area contributed by atoms with Gasteiger partial charge in [-0.2, -0.15) is 0 Å². The lowest BCUT2D eigenvalue weighted by Crippen LogP contribution is -2.49. The lowest BCUT2D eigenvalue weighted by atomic mass is 9.85. The van der Waals surface area contributed by atoms with Crippen molar-refractivity contribution in [3.8, 4) is 0 Å². The van der Waals surface area contributed by atoms with Gasteiger partial charge in [-0.15, -0.1) is 0 Å². The number of ether oxygens (including phenoxy) is 3. The van der Waals surface area contributed by atoms with Gasteiger partial charge in [-0.25, -0.2) is 0 Å². The number of aliphatic hydroxyl groups excluding tert-OH is 3. The molecule has 0 unspecified atom stereocenters. The van der Waals surface area contributed by atoms with Crippen LogP contribution in [0.25, 0.3) is 0 Å². The van der Waals surface area contributed by atoms with E-state index in [0.717, 1.165) is 0 Å². The van der Waals surface area contributed by atoms with Crippen molar-refractivity contribution in [2.24, 2.45) is 5.41 Å². The Kier molecular flexibility index (Phi) is 6.86. The topological polar surface area (TPSA) is 140 Å². The molecular weight excluding hydrogens is 252 g/mol. The predicted molar refractivity (Wildman–Crippen MR) is 52.3 cm³/mol. The highest BCUT2D eigenvalue weighted by atomic mass is 16.7. The Balaban J connectivity index is 5.38. The lowest BCUT2D eigenvalue weighted by molar-refractivity contribution is -0.193. The van der Waals surface area contributed by atoms with Gasteiger partial charge < -0.3 is 29.5 Å². The molecule has 0 amide bonds. The van der Waals surface area contributed by atoms with Gasteiger partial charge in [0.15, 0.2) is 20.4 Å². The molecule has 0 rings (SSSR count). The van der Waals surface area contributed by atoms with Gasteiger partial charge in [-0.3, -0.25) is 14.4 Å². The first-order valence-corrected chi connectivity index (χ1v) is 4.85. The monoisotopic (exact) mass is 266 g/mol. The molecule has 0 aliphatic heterocycles. The van der Waals surface area contributed by atoms with E-state index in [0.29, 0.717) is 0 Å². The smallest absolute Gasteiger partial charge is 0.337 e. The maximum absolute atomic E-state index is 11.6. The first-order chi connectivity index (χ1) is 8.50. The molecule has 0 aromatic carbocycles. The SMILES string of the molecule is CCC(C(=O)OCO)(C(=O)OCO)C(=O)OCO. The molecule has 9 nitrogen and oxygen atoms in total. The Morgan fingerprint density at radius 1 is 0.833 bits per heavy atom. The van der Waals surface area contributed by atoms with E-state index in [9.17, 15) is 14.4 Å². The molecule has 0 aromatic heterocycles. The van der Waals surface area contributed by atoms with Crippen molar-refractivity contribution in [1.29, 1.82) is 0 Å². The molecular formula is C9H14O9. The molecule has 0 radical (unpaired) electrons. The minimum absolute atomic E-state index is 0.399. The van der Waals surface area contributed by atoms with Crippen LogP contribution in [0.4, 0.5) is 0 Å². The van der Waals surface area contributed by atoms with Crippen molar-refractivity contribution in [2.75, 3.05) is 20.4 Å². The lowest BCUT2D eigenvalue weighted by Gasteiger charge is -2.24. The second-order valence-electron chi connectivity index (χ2n) is 2.94. The first-order valence-electron chi connectivity index (χ1n) is 4.85. The van der Waals surface area contributed by atoms with E-state index in [1.165, 1.54) is 6.92 Å². The van der Waals surface area contributed by atoms with Crippen LogP contribution in [0.15, 0.2) is 0 Å². The number of hydrogen-bond donors (Lipinski definition) is 3. The van der Waals surface area contributed by atoms with Gasteiger partial charge in [0, 0.05) is 0 Å². The molecule has 18 heavy (non-hydrogen) atoms. The van der Waals surface area contributed by atoms with E-state index in [2.05, 4.69) is 14.2 Å². The number of aliphatic hydroxyl groups is 3. The van der Waals surface area contributed by atoms with Crippen molar-refractivity contribution >= 4 is 17.9 Å². The summed E-state index contributed by atoms with van der Waals surface area (Å²) in [4.78, 5) is 34.7. The van der Waals surface area contributed by atoms with Crippen molar-refractivity contribution in [2.45, 2.75) is 13.3 Å². The fourth-order valence-electron chi connectivity index (χ4n) is 1.23. The van der Waals surface area contributed by atoms with E-state index in [1.807, 2.05) is 0 Å². The molecule has 0 aliphatic rings.